The Bertz CT molecular complexity index is 385. The predicted octanol–water partition coefficient (Wildman–Crippen LogP) is 0.274. The van der Waals surface area contributed by atoms with Gasteiger partial charge in [-0.3, -0.25) is 14.9 Å². The molecule has 0 bridgehead atoms. The van der Waals surface area contributed by atoms with Crippen LogP contribution in [0.1, 0.15) is 26.5 Å². The van der Waals surface area contributed by atoms with Gasteiger partial charge in [-0.05, 0) is 19.1 Å². The van der Waals surface area contributed by atoms with Crippen LogP contribution in [0.2, 0.25) is 0 Å². The minimum Gasteiger partial charge on any atom is -0.287 e. The summed E-state index contributed by atoms with van der Waals surface area (Å²) in [4.78, 5) is 26.0. The van der Waals surface area contributed by atoms with Gasteiger partial charge in [0.1, 0.15) is 5.69 Å². The first-order valence-corrected chi connectivity index (χ1v) is 3.52. The highest BCUT2D eigenvalue weighted by molar-refractivity contribution is 6.20. The van der Waals surface area contributed by atoms with Crippen molar-refractivity contribution in [2.75, 3.05) is 0 Å². The summed E-state index contributed by atoms with van der Waals surface area (Å²) in [6, 6.07) is 3.31. The number of hydrogen-bond donors (Lipinski definition) is 1. The number of rotatable bonds is 0. The zero-order valence-electron chi connectivity index (χ0n) is 6.42. The van der Waals surface area contributed by atoms with Crippen molar-refractivity contribution < 1.29 is 9.59 Å². The average molecular weight is 162 g/mol. The summed E-state index contributed by atoms with van der Waals surface area (Å²) < 4.78 is 0. The fourth-order valence-electron chi connectivity index (χ4n) is 1.14. The van der Waals surface area contributed by atoms with Gasteiger partial charge < -0.3 is 0 Å². The van der Waals surface area contributed by atoms with Crippen LogP contribution in [0, 0.1) is 6.92 Å². The molecule has 4 heteroatoms. The van der Waals surface area contributed by atoms with E-state index in [0.717, 1.165) is 5.69 Å². The lowest BCUT2D eigenvalue weighted by Gasteiger charge is -1.93. The Kier molecular flexibility index (Phi) is 1.24. The number of pyridine rings is 1. The highest BCUT2D eigenvalue weighted by Crippen LogP contribution is 2.12. The highest BCUT2D eigenvalue weighted by atomic mass is 16.2. The van der Waals surface area contributed by atoms with E-state index in [9.17, 15) is 9.59 Å². The topological polar surface area (TPSA) is 59.1 Å². The van der Waals surface area contributed by atoms with E-state index in [2.05, 4.69) is 10.3 Å². The number of nitrogens with zero attached hydrogens (tertiary/aromatic N) is 1. The Morgan fingerprint density at radius 2 is 2.00 bits per heavy atom. The van der Waals surface area contributed by atoms with Crippen molar-refractivity contribution in [1.82, 2.24) is 10.3 Å². The quantitative estimate of drug-likeness (QED) is 0.557. The molecule has 1 aliphatic rings. The second-order valence-corrected chi connectivity index (χ2v) is 2.63. The number of aryl methyl sites for hydroxylation is 1. The third-order valence-electron chi connectivity index (χ3n) is 1.72. The molecule has 0 atom stereocenters. The Labute approximate surface area is 68.6 Å². The minimum atomic E-state index is -0.404. The summed E-state index contributed by atoms with van der Waals surface area (Å²) in [5.41, 5.74) is 1.34. The number of hydrogen-bond acceptors (Lipinski definition) is 3. The zero-order chi connectivity index (χ0) is 8.72. The average Bonchev–Trinajstić information content (AvgIpc) is 2.28. The smallest absolute Gasteiger partial charge is 0.277 e. The van der Waals surface area contributed by atoms with Crippen molar-refractivity contribution in [2.24, 2.45) is 0 Å². The van der Waals surface area contributed by atoms with E-state index in [1.165, 1.54) is 0 Å². The molecule has 0 fully saturated rings. The number of carbonyl (C=O) groups is 2. The summed E-state index contributed by atoms with van der Waals surface area (Å²) in [6.07, 6.45) is 0. The summed E-state index contributed by atoms with van der Waals surface area (Å²) in [5.74, 6) is -0.763. The highest BCUT2D eigenvalue weighted by Gasteiger charge is 2.27. The number of carbonyl (C=O) groups excluding carboxylic acids is 2. The molecule has 1 aliphatic heterocycles. The van der Waals surface area contributed by atoms with E-state index in [1.807, 2.05) is 0 Å². The third-order valence-corrected chi connectivity index (χ3v) is 1.72. The second-order valence-electron chi connectivity index (χ2n) is 2.63. The third kappa shape index (κ3) is 0.812. The number of imide groups is 1. The summed E-state index contributed by atoms with van der Waals surface area (Å²) in [6.45, 7) is 1.77. The van der Waals surface area contributed by atoms with E-state index in [1.54, 1.807) is 19.1 Å². The molecule has 0 aliphatic carbocycles. The zero-order valence-corrected chi connectivity index (χ0v) is 6.42. The van der Waals surface area contributed by atoms with Crippen molar-refractivity contribution in [3.05, 3.63) is 29.1 Å². The van der Waals surface area contributed by atoms with Gasteiger partial charge in [0.05, 0.1) is 5.56 Å². The molecule has 0 unspecified atom stereocenters. The molecular weight excluding hydrogens is 156 g/mol. The van der Waals surface area contributed by atoms with Gasteiger partial charge in [-0.15, -0.1) is 0 Å². The Morgan fingerprint density at radius 1 is 1.25 bits per heavy atom. The fourth-order valence-corrected chi connectivity index (χ4v) is 1.14. The molecule has 2 rings (SSSR count). The van der Waals surface area contributed by atoms with Crippen molar-refractivity contribution in [3.63, 3.8) is 0 Å². The Balaban J connectivity index is 2.68. The van der Waals surface area contributed by atoms with Crippen LogP contribution in [-0.2, 0) is 0 Å². The van der Waals surface area contributed by atoms with E-state index in [-0.39, 0.29) is 11.6 Å². The molecule has 4 nitrogen and oxygen atoms in total. The van der Waals surface area contributed by atoms with E-state index >= 15 is 0 Å². The molecule has 0 aromatic carbocycles. The molecule has 0 radical (unpaired) electrons. The van der Waals surface area contributed by atoms with Gasteiger partial charge in [0.2, 0.25) is 0 Å². The number of amides is 2. The number of aromatic nitrogens is 1. The first kappa shape index (κ1) is 6.97. The van der Waals surface area contributed by atoms with Gasteiger partial charge in [0, 0.05) is 5.69 Å². The van der Waals surface area contributed by atoms with Gasteiger partial charge in [-0.2, -0.15) is 0 Å². The van der Waals surface area contributed by atoms with Gasteiger partial charge in [0.15, 0.2) is 0 Å². The molecule has 0 saturated carbocycles. The molecule has 0 saturated heterocycles. The summed E-state index contributed by atoms with van der Waals surface area (Å²) in [5, 5.41) is 2.17. The molecule has 60 valence electrons. The second kappa shape index (κ2) is 2.14. The van der Waals surface area contributed by atoms with Crippen LogP contribution in [-0.4, -0.2) is 16.8 Å². The first-order chi connectivity index (χ1) is 5.68. The van der Waals surface area contributed by atoms with Gasteiger partial charge in [-0.1, -0.05) is 0 Å². The van der Waals surface area contributed by atoms with Crippen LogP contribution in [0.5, 0.6) is 0 Å². The van der Waals surface area contributed by atoms with E-state index < -0.39 is 5.91 Å². The van der Waals surface area contributed by atoms with Crippen molar-refractivity contribution in [1.29, 1.82) is 0 Å². The molecule has 1 aromatic rings. The predicted molar refractivity (Wildman–Crippen MR) is 40.8 cm³/mol. The molecule has 1 N–H and O–H groups in total. The van der Waals surface area contributed by atoms with Gasteiger partial charge in [-0.25, -0.2) is 4.98 Å². The monoisotopic (exact) mass is 162 g/mol. The Hall–Kier alpha value is -1.71. The molecule has 0 spiro atoms. The van der Waals surface area contributed by atoms with Crippen LogP contribution in [0.15, 0.2) is 12.1 Å². The fraction of sp³-hybridized carbons (Fsp3) is 0.125. The maximum absolute atomic E-state index is 11.0. The summed E-state index contributed by atoms with van der Waals surface area (Å²) >= 11 is 0. The maximum atomic E-state index is 11.0. The largest absolute Gasteiger partial charge is 0.287 e. The van der Waals surface area contributed by atoms with Crippen LogP contribution in [0.3, 0.4) is 0 Å². The van der Waals surface area contributed by atoms with Crippen LogP contribution < -0.4 is 5.32 Å². The molecule has 12 heavy (non-hydrogen) atoms. The Morgan fingerprint density at radius 3 is 2.75 bits per heavy atom. The van der Waals surface area contributed by atoms with Crippen LogP contribution in [0.4, 0.5) is 0 Å². The lowest BCUT2D eigenvalue weighted by Crippen LogP contribution is -2.20. The van der Waals surface area contributed by atoms with Crippen LogP contribution >= 0.6 is 0 Å². The van der Waals surface area contributed by atoms with Crippen molar-refractivity contribution >= 4 is 11.8 Å². The molecular formula is C8H6N2O2. The molecule has 1 aromatic heterocycles. The maximum Gasteiger partial charge on any atom is 0.277 e. The van der Waals surface area contributed by atoms with E-state index in [4.69, 9.17) is 0 Å². The number of fused-ring (bicyclic) bond motifs is 1. The minimum absolute atomic E-state index is 0.236. The van der Waals surface area contributed by atoms with Crippen molar-refractivity contribution in [3.8, 4) is 0 Å². The van der Waals surface area contributed by atoms with E-state index in [0.29, 0.717) is 5.56 Å². The van der Waals surface area contributed by atoms with Gasteiger partial charge in [0.25, 0.3) is 11.8 Å². The lowest BCUT2D eigenvalue weighted by atomic mass is 10.2. The SMILES string of the molecule is Cc1ccc2c(n1)C(=O)NC2=O. The standard InChI is InChI=1S/C8H6N2O2/c1-4-2-3-5-6(9-4)8(12)10-7(5)11/h2-3H,1H3,(H,10,11,12). The number of nitrogens with one attached hydrogen (secondary N) is 1. The summed E-state index contributed by atoms with van der Waals surface area (Å²) in [7, 11) is 0. The normalized spacial score (nSPS) is 14.4. The lowest BCUT2D eigenvalue weighted by molar-refractivity contribution is 0.0878. The molecule has 2 heterocycles. The molecule has 2 amide bonds. The first-order valence-electron chi connectivity index (χ1n) is 3.52. The van der Waals surface area contributed by atoms with Gasteiger partial charge >= 0.3 is 0 Å². The van der Waals surface area contributed by atoms with Crippen molar-refractivity contribution in [2.45, 2.75) is 6.92 Å². The van der Waals surface area contributed by atoms with Crippen LogP contribution in [0.25, 0.3) is 0 Å².